The SMILES string of the molecule is NC(=O)c1nn(-c2cccc(Cl)c2C(N)=O)cc1N. The lowest BCUT2D eigenvalue weighted by atomic mass is 10.1. The molecule has 0 unspecified atom stereocenters. The Balaban J connectivity index is 2.66. The van der Waals surface area contributed by atoms with Gasteiger partial charge < -0.3 is 17.2 Å². The van der Waals surface area contributed by atoms with Crippen LogP contribution in [-0.4, -0.2) is 21.6 Å². The van der Waals surface area contributed by atoms with Crippen molar-refractivity contribution in [1.82, 2.24) is 9.78 Å². The largest absolute Gasteiger partial charge is 0.396 e. The van der Waals surface area contributed by atoms with E-state index in [0.717, 1.165) is 0 Å². The van der Waals surface area contributed by atoms with Gasteiger partial charge in [0.2, 0.25) is 0 Å². The Morgan fingerprint density at radius 1 is 1.21 bits per heavy atom. The van der Waals surface area contributed by atoms with Crippen molar-refractivity contribution in [2.75, 3.05) is 5.73 Å². The Labute approximate surface area is 112 Å². The number of rotatable bonds is 3. The Bertz CT molecular complexity index is 680. The third kappa shape index (κ3) is 2.23. The third-order valence-corrected chi connectivity index (χ3v) is 2.78. The fourth-order valence-corrected chi connectivity index (χ4v) is 1.91. The monoisotopic (exact) mass is 279 g/mol. The van der Waals surface area contributed by atoms with Crippen LogP contribution >= 0.6 is 11.6 Å². The number of nitrogens with two attached hydrogens (primary N) is 3. The zero-order valence-electron chi connectivity index (χ0n) is 9.63. The van der Waals surface area contributed by atoms with Crippen LogP contribution in [0.2, 0.25) is 5.02 Å². The number of primary amides is 2. The van der Waals surface area contributed by atoms with Crippen LogP contribution in [0, 0.1) is 0 Å². The summed E-state index contributed by atoms with van der Waals surface area (Å²) in [7, 11) is 0. The number of hydrogen-bond acceptors (Lipinski definition) is 4. The lowest BCUT2D eigenvalue weighted by molar-refractivity contribution is 0.0991. The Hall–Kier alpha value is -2.54. The molecule has 19 heavy (non-hydrogen) atoms. The van der Waals surface area contributed by atoms with E-state index in [2.05, 4.69) is 5.10 Å². The molecule has 0 aliphatic rings. The molecule has 7 nitrogen and oxygen atoms in total. The van der Waals surface area contributed by atoms with Crippen LogP contribution < -0.4 is 17.2 Å². The lowest BCUT2D eigenvalue weighted by Gasteiger charge is -2.07. The number of nitrogen functional groups attached to an aromatic ring is 1. The van der Waals surface area contributed by atoms with Crippen LogP contribution in [-0.2, 0) is 0 Å². The van der Waals surface area contributed by atoms with Gasteiger partial charge in [-0.05, 0) is 12.1 Å². The van der Waals surface area contributed by atoms with E-state index in [-0.39, 0.29) is 22.0 Å². The molecule has 2 amide bonds. The maximum atomic E-state index is 11.4. The summed E-state index contributed by atoms with van der Waals surface area (Å²) < 4.78 is 1.24. The summed E-state index contributed by atoms with van der Waals surface area (Å²) in [5.41, 5.74) is 16.4. The molecule has 1 aromatic heterocycles. The van der Waals surface area contributed by atoms with Gasteiger partial charge in [-0.25, -0.2) is 4.68 Å². The van der Waals surface area contributed by atoms with Crippen molar-refractivity contribution in [1.29, 1.82) is 0 Å². The van der Waals surface area contributed by atoms with Gasteiger partial charge in [-0.15, -0.1) is 0 Å². The highest BCUT2D eigenvalue weighted by Gasteiger charge is 2.18. The second-order valence-electron chi connectivity index (χ2n) is 3.74. The predicted octanol–water partition coefficient (Wildman–Crippen LogP) is 0.306. The van der Waals surface area contributed by atoms with E-state index in [1.54, 1.807) is 12.1 Å². The minimum atomic E-state index is -0.765. The zero-order valence-corrected chi connectivity index (χ0v) is 10.4. The van der Waals surface area contributed by atoms with E-state index in [1.807, 2.05) is 0 Å². The van der Waals surface area contributed by atoms with E-state index in [0.29, 0.717) is 5.69 Å². The average Bonchev–Trinajstić information content (AvgIpc) is 2.70. The first kappa shape index (κ1) is 12.9. The number of halogens is 1. The predicted molar refractivity (Wildman–Crippen MR) is 70.0 cm³/mol. The van der Waals surface area contributed by atoms with E-state index in [1.165, 1.54) is 16.9 Å². The van der Waals surface area contributed by atoms with E-state index in [4.69, 9.17) is 28.8 Å². The highest BCUT2D eigenvalue weighted by molar-refractivity contribution is 6.34. The number of benzene rings is 1. The molecule has 0 aliphatic heterocycles. The van der Waals surface area contributed by atoms with Crippen molar-refractivity contribution in [3.05, 3.63) is 40.7 Å². The molecule has 6 N–H and O–H groups in total. The first-order valence-electron chi connectivity index (χ1n) is 5.15. The molecule has 0 saturated heterocycles. The molecule has 0 spiro atoms. The molecule has 2 rings (SSSR count). The minimum absolute atomic E-state index is 0.0858. The molecule has 2 aromatic rings. The summed E-state index contributed by atoms with van der Waals surface area (Å²) in [6.07, 6.45) is 1.36. The number of amides is 2. The Kier molecular flexibility index (Phi) is 3.14. The molecular weight excluding hydrogens is 270 g/mol. The van der Waals surface area contributed by atoms with Crippen molar-refractivity contribution in [3.8, 4) is 5.69 Å². The Morgan fingerprint density at radius 2 is 1.89 bits per heavy atom. The van der Waals surface area contributed by atoms with E-state index >= 15 is 0 Å². The van der Waals surface area contributed by atoms with E-state index < -0.39 is 11.8 Å². The first-order valence-corrected chi connectivity index (χ1v) is 5.53. The minimum Gasteiger partial charge on any atom is -0.396 e. The van der Waals surface area contributed by atoms with Crippen molar-refractivity contribution in [3.63, 3.8) is 0 Å². The summed E-state index contributed by atoms with van der Waals surface area (Å²) in [5.74, 6) is -1.48. The van der Waals surface area contributed by atoms with Crippen LogP contribution in [0.5, 0.6) is 0 Å². The molecule has 0 fully saturated rings. The number of hydrogen-bond donors (Lipinski definition) is 3. The molecule has 0 atom stereocenters. The van der Waals surface area contributed by atoms with Crippen molar-refractivity contribution in [2.24, 2.45) is 11.5 Å². The van der Waals surface area contributed by atoms with Crippen LogP contribution in [0.4, 0.5) is 5.69 Å². The lowest BCUT2D eigenvalue weighted by Crippen LogP contribution is -2.17. The normalized spacial score (nSPS) is 10.4. The average molecular weight is 280 g/mol. The van der Waals surface area contributed by atoms with Gasteiger partial charge in [0.15, 0.2) is 5.69 Å². The second kappa shape index (κ2) is 4.62. The standard InChI is InChI=1S/C11H10ClN5O2/c12-5-2-1-3-7(8(5)10(14)18)17-4-6(13)9(16-17)11(15)19/h1-4H,13H2,(H2,14,18)(H2,15,19). The number of carbonyl (C=O) groups excluding carboxylic acids is 2. The van der Waals surface area contributed by atoms with Crippen molar-refractivity contribution >= 4 is 29.1 Å². The van der Waals surface area contributed by atoms with Gasteiger partial charge in [0.25, 0.3) is 11.8 Å². The third-order valence-electron chi connectivity index (χ3n) is 2.46. The van der Waals surface area contributed by atoms with Crippen LogP contribution in [0.1, 0.15) is 20.8 Å². The van der Waals surface area contributed by atoms with Crippen LogP contribution in [0.25, 0.3) is 5.69 Å². The highest BCUT2D eigenvalue weighted by Crippen LogP contribution is 2.23. The fraction of sp³-hybridized carbons (Fsp3) is 0. The number of carbonyl (C=O) groups is 2. The van der Waals surface area contributed by atoms with Crippen LogP contribution in [0.3, 0.4) is 0 Å². The molecule has 0 radical (unpaired) electrons. The Morgan fingerprint density at radius 3 is 2.42 bits per heavy atom. The summed E-state index contributed by atoms with van der Waals surface area (Å²) in [5, 5.41) is 4.09. The molecule has 98 valence electrons. The summed E-state index contributed by atoms with van der Waals surface area (Å²) in [6, 6.07) is 4.71. The molecule has 0 aliphatic carbocycles. The summed E-state index contributed by atoms with van der Waals surface area (Å²) >= 11 is 5.92. The quantitative estimate of drug-likeness (QED) is 0.746. The highest BCUT2D eigenvalue weighted by atomic mass is 35.5. The first-order chi connectivity index (χ1) is 8.91. The zero-order chi connectivity index (χ0) is 14.2. The summed E-state index contributed by atoms with van der Waals surface area (Å²) in [6.45, 7) is 0. The number of aromatic nitrogens is 2. The van der Waals surface area contributed by atoms with Crippen molar-refractivity contribution < 1.29 is 9.59 Å². The van der Waals surface area contributed by atoms with Gasteiger partial charge in [-0.1, -0.05) is 17.7 Å². The van der Waals surface area contributed by atoms with Gasteiger partial charge in [-0.2, -0.15) is 5.10 Å². The van der Waals surface area contributed by atoms with Gasteiger partial charge in [-0.3, -0.25) is 9.59 Å². The summed E-state index contributed by atoms with van der Waals surface area (Å²) in [4.78, 5) is 22.5. The number of nitrogens with zero attached hydrogens (tertiary/aromatic N) is 2. The van der Waals surface area contributed by atoms with Gasteiger partial charge in [0.05, 0.1) is 28.2 Å². The maximum absolute atomic E-state index is 11.4. The number of anilines is 1. The van der Waals surface area contributed by atoms with Gasteiger partial charge >= 0.3 is 0 Å². The van der Waals surface area contributed by atoms with Gasteiger partial charge in [0.1, 0.15) is 0 Å². The van der Waals surface area contributed by atoms with Crippen LogP contribution in [0.15, 0.2) is 24.4 Å². The molecule has 0 bridgehead atoms. The topological polar surface area (TPSA) is 130 Å². The van der Waals surface area contributed by atoms with E-state index in [9.17, 15) is 9.59 Å². The molecular formula is C11H10ClN5O2. The van der Waals surface area contributed by atoms with Crippen molar-refractivity contribution in [2.45, 2.75) is 0 Å². The molecule has 8 heteroatoms. The second-order valence-corrected chi connectivity index (χ2v) is 4.15. The maximum Gasteiger partial charge on any atom is 0.271 e. The molecule has 0 saturated carbocycles. The van der Waals surface area contributed by atoms with Gasteiger partial charge in [0, 0.05) is 0 Å². The fourth-order valence-electron chi connectivity index (χ4n) is 1.65. The smallest absolute Gasteiger partial charge is 0.271 e. The molecule has 1 aromatic carbocycles. The molecule has 1 heterocycles.